The fraction of sp³-hybridized carbons (Fsp3) is 0.417. The van der Waals surface area contributed by atoms with Crippen molar-refractivity contribution in [1.82, 2.24) is 0 Å². The van der Waals surface area contributed by atoms with Gasteiger partial charge in [-0.15, -0.1) is 0 Å². The lowest BCUT2D eigenvalue weighted by Gasteiger charge is -2.08. The van der Waals surface area contributed by atoms with Gasteiger partial charge in [0.15, 0.2) is 0 Å². The molecule has 19 heavy (non-hydrogen) atoms. The molecular formula is C12H14FNO5. The maximum absolute atomic E-state index is 13.3. The van der Waals surface area contributed by atoms with E-state index >= 15 is 0 Å². The van der Waals surface area contributed by atoms with Gasteiger partial charge in [-0.1, -0.05) is 0 Å². The van der Waals surface area contributed by atoms with Gasteiger partial charge >= 0.3 is 11.7 Å². The van der Waals surface area contributed by atoms with E-state index in [2.05, 4.69) is 0 Å². The quantitative estimate of drug-likeness (QED) is 0.343. The third kappa shape index (κ3) is 4.63. The third-order valence-electron chi connectivity index (χ3n) is 2.15. The Kier molecular flexibility index (Phi) is 5.37. The van der Waals surface area contributed by atoms with Crippen LogP contribution in [0.1, 0.15) is 24.2 Å². The van der Waals surface area contributed by atoms with E-state index in [4.69, 9.17) is 9.47 Å². The second-order valence-corrected chi connectivity index (χ2v) is 3.98. The van der Waals surface area contributed by atoms with E-state index in [0.29, 0.717) is 0 Å². The van der Waals surface area contributed by atoms with Crippen LogP contribution in [0.5, 0.6) is 0 Å². The maximum Gasteiger partial charge on any atom is 0.338 e. The zero-order valence-electron chi connectivity index (χ0n) is 10.6. The van der Waals surface area contributed by atoms with E-state index in [0.717, 1.165) is 18.2 Å². The lowest BCUT2D eigenvalue weighted by Crippen LogP contribution is -2.13. The molecule has 0 spiro atoms. The van der Waals surface area contributed by atoms with Crippen molar-refractivity contribution in [3.05, 3.63) is 39.7 Å². The Morgan fingerprint density at radius 3 is 2.63 bits per heavy atom. The molecule has 0 amide bonds. The number of hydrogen-bond donors (Lipinski definition) is 0. The molecule has 0 aliphatic carbocycles. The van der Waals surface area contributed by atoms with Crippen LogP contribution in [-0.2, 0) is 9.47 Å². The highest BCUT2D eigenvalue weighted by Crippen LogP contribution is 2.18. The van der Waals surface area contributed by atoms with Gasteiger partial charge in [0.1, 0.15) is 6.61 Å². The van der Waals surface area contributed by atoms with Gasteiger partial charge in [0.05, 0.1) is 23.2 Å². The summed E-state index contributed by atoms with van der Waals surface area (Å²) in [6.07, 6.45) is 0.0236. The second-order valence-electron chi connectivity index (χ2n) is 3.98. The first-order chi connectivity index (χ1) is 8.91. The fourth-order valence-electron chi connectivity index (χ4n) is 1.28. The van der Waals surface area contributed by atoms with Crippen molar-refractivity contribution in [3.63, 3.8) is 0 Å². The van der Waals surface area contributed by atoms with Crippen LogP contribution in [0.15, 0.2) is 18.2 Å². The molecule has 0 fully saturated rings. The Morgan fingerprint density at radius 1 is 1.42 bits per heavy atom. The van der Waals surface area contributed by atoms with Crippen molar-refractivity contribution in [2.24, 2.45) is 0 Å². The van der Waals surface area contributed by atoms with Crippen LogP contribution in [0.3, 0.4) is 0 Å². The van der Waals surface area contributed by atoms with Gasteiger partial charge in [-0.05, 0) is 26.0 Å². The number of nitro groups is 1. The number of rotatable bonds is 6. The van der Waals surface area contributed by atoms with Crippen molar-refractivity contribution >= 4 is 11.7 Å². The van der Waals surface area contributed by atoms with E-state index in [1.54, 1.807) is 0 Å². The summed E-state index contributed by atoms with van der Waals surface area (Å²) in [6.45, 7) is 3.95. The summed E-state index contributed by atoms with van der Waals surface area (Å²) in [5.41, 5.74) is -0.757. The normalized spacial score (nSPS) is 10.5. The molecule has 0 aliphatic heterocycles. The zero-order valence-corrected chi connectivity index (χ0v) is 10.6. The van der Waals surface area contributed by atoms with Crippen LogP contribution in [0.2, 0.25) is 0 Å². The molecule has 1 aromatic rings. The zero-order chi connectivity index (χ0) is 14.4. The average Bonchev–Trinajstić information content (AvgIpc) is 2.33. The number of benzene rings is 1. The largest absolute Gasteiger partial charge is 0.460 e. The molecule has 0 aromatic heterocycles. The molecule has 1 aromatic carbocycles. The third-order valence-corrected chi connectivity index (χ3v) is 2.15. The molecule has 0 saturated carbocycles. The standard InChI is InChI=1S/C12H14FNO5/c1-8(2)18-5-6-19-12(15)9-3-4-11(14(16)17)10(13)7-9/h3-4,7-8H,5-6H2,1-2H3. The van der Waals surface area contributed by atoms with Gasteiger partial charge in [0.25, 0.3) is 0 Å². The van der Waals surface area contributed by atoms with Gasteiger partial charge in [0, 0.05) is 6.07 Å². The summed E-state index contributed by atoms with van der Waals surface area (Å²) in [5, 5.41) is 10.4. The summed E-state index contributed by atoms with van der Waals surface area (Å²) >= 11 is 0. The lowest BCUT2D eigenvalue weighted by molar-refractivity contribution is -0.387. The molecule has 0 atom stereocenters. The van der Waals surface area contributed by atoms with E-state index in [1.807, 2.05) is 13.8 Å². The predicted octanol–water partition coefficient (Wildman–Crippen LogP) is 2.32. The first-order valence-corrected chi connectivity index (χ1v) is 5.64. The topological polar surface area (TPSA) is 78.7 Å². The van der Waals surface area contributed by atoms with Crippen LogP contribution in [-0.4, -0.2) is 30.2 Å². The maximum atomic E-state index is 13.3. The number of carbonyl (C=O) groups is 1. The molecule has 6 nitrogen and oxygen atoms in total. The molecule has 7 heteroatoms. The van der Waals surface area contributed by atoms with Crippen LogP contribution >= 0.6 is 0 Å². The molecule has 1 rings (SSSR count). The van der Waals surface area contributed by atoms with Gasteiger partial charge in [0.2, 0.25) is 5.82 Å². The highest BCUT2D eigenvalue weighted by molar-refractivity contribution is 5.89. The molecule has 0 heterocycles. The minimum atomic E-state index is -1.07. The molecule has 0 N–H and O–H groups in total. The Balaban J connectivity index is 2.58. The first kappa shape index (κ1) is 15.0. The number of halogens is 1. The second kappa shape index (κ2) is 6.79. The Labute approximate surface area is 109 Å². The number of hydrogen-bond acceptors (Lipinski definition) is 5. The van der Waals surface area contributed by atoms with Gasteiger partial charge in [-0.2, -0.15) is 4.39 Å². The van der Waals surface area contributed by atoms with Crippen molar-refractivity contribution < 1.29 is 23.6 Å². The van der Waals surface area contributed by atoms with E-state index in [-0.39, 0.29) is 24.9 Å². The molecule has 0 aliphatic rings. The van der Waals surface area contributed by atoms with E-state index in [1.165, 1.54) is 0 Å². The monoisotopic (exact) mass is 271 g/mol. The van der Waals surface area contributed by atoms with Gasteiger partial charge in [-0.25, -0.2) is 4.79 Å². The minimum absolute atomic E-state index is 0.0236. The number of ether oxygens (including phenoxy) is 2. The minimum Gasteiger partial charge on any atom is -0.460 e. The smallest absolute Gasteiger partial charge is 0.338 e. The van der Waals surface area contributed by atoms with Crippen LogP contribution in [0.4, 0.5) is 10.1 Å². The highest BCUT2D eigenvalue weighted by Gasteiger charge is 2.17. The molecule has 0 radical (unpaired) electrons. The molecule has 0 unspecified atom stereocenters. The summed E-state index contributed by atoms with van der Waals surface area (Å²) in [5.74, 6) is -1.82. The Hall–Kier alpha value is -2.02. The lowest BCUT2D eigenvalue weighted by atomic mass is 10.2. The fourth-order valence-corrected chi connectivity index (χ4v) is 1.28. The summed E-state index contributed by atoms with van der Waals surface area (Å²) in [4.78, 5) is 21.1. The van der Waals surface area contributed by atoms with Crippen molar-refractivity contribution in [3.8, 4) is 0 Å². The highest BCUT2D eigenvalue weighted by atomic mass is 19.1. The number of esters is 1. The first-order valence-electron chi connectivity index (χ1n) is 5.64. The average molecular weight is 271 g/mol. The molecular weight excluding hydrogens is 257 g/mol. The van der Waals surface area contributed by atoms with Gasteiger partial charge in [-0.3, -0.25) is 10.1 Å². The van der Waals surface area contributed by atoms with Crippen molar-refractivity contribution in [2.45, 2.75) is 20.0 Å². The Bertz CT molecular complexity index is 475. The SMILES string of the molecule is CC(C)OCCOC(=O)c1ccc([N+](=O)[O-])c(F)c1. The van der Waals surface area contributed by atoms with Gasteiger partial charge < -0.3 is 9.47 Å². The van der Waals surface area contributed by atoms with Crippen molar-refractivity contribution in [2.75, 3.05) is 13.2 Å². The number of nitro benzene ring substituents is 1. The predicted molar refractivity (Wildman–Crippen MR) is 64.4 cm³/mol. The van der Waals surface area contributed by atoms with E-state index in [9.17, 15) is 19.3 Å². The number of carbonyl (C=O) groups excluding carboxylic acids is 1. The van der Waals surface area contributed by atoms with Crippen molar-refractivity contribution in [1.29, 1.82) is 0 Å². The number of nitrogens with zero attached hydrogens (tertiary/aromatic N) is 1. The van der Waals surface area contributed by atoms with Crippen LogP contribution < -0.4 is 0 Å². The summed E-state index contributed by atoms with van der Waals surface area (Å²) in [7, 11) is 0. The molecule has 0 bridgehead atoms. The summed E-state index contributed by atoms with van der Waals surface area (Å²) < 4.78 is 23.3. The molecule has 104 valence electrons. The van der Waals surface area contributed by atoms with Crippen LogP contribution in [0, 0.1) is 15.9 Å². The molecule has 0 saturated heterocycles. The Morgan fingerprint density at radius 2 is 2.11 bits per heavy atom. The van der Waals surface area contributed by atoms with E-state index < -0.39 is 22.4 Å². The van der Waals surface area contributed by atoms with Crippen LogP contribution in [0.25, 0.3) is 0 Å². The summed E-state index contributed by atoms with van der Waals surface area (Å²) in [6, 6.07) is 2.85.